The molecule has 4 nitrogen and oxygen atoms in total. The molecule has 0 unspecified atom stereocenters. The number of aromatic nitrogens is 3. The minimum Gasteiger partial charge on any atom is -0.289 e. The Kier molecular flexibility index (Phi) is 4.16. The Morgan fingerprint density at radius 3 is 2.29 bits per heavy atom. The molecule has 0 aliphatic carbocycles. The first kappa shape index (κ1) is 17.1. The summed E-state index contributed by atoms with van der Waals surface area (Å²) in [5.74, 6) is 0.540. The van der Waals surface area contributed by atoms with E-state index in [1.165, 1.54) is 0 Å². The summed E-state index contributed by atoms with van der Waals surface area (Å²) in [6.45, 7) is 0. The Bertz CT molecular complexity index is 1330. The highest BCUT2D eigenvalue weighted by Crippen LogP contribution is 2.33. The molecule has 0 aliphatic heterocycles. The van der Waals surface area contributed by atoms with Crippen LogP contribution in [0.2, 0.25) is 0 Å². The van der Waals surface area contributed by atoms with Gasteiger partial charge in [-0.2, -0.15) is 0 Å². The monoisotopic (exact) mass is 475 g/mol. The largest absolute Gasteiger partial charge is 0.289 e. The molecule has 0 amide bonds. The van der Waals surface area contributed by atoms with Crippen LogP contribution in [0.4, 0.5) is 0 Å². The standard InChI is InChI=1S/C23H14IN3O/c24-16-11-9-15(10-12-16)22(28)19-7-3-6-18-17-5-1-2-8-20(17)27(21(18)19)23-25-13-4-14-26-23/h1-14H. The summed E-state index contributed by atoms with van der Waals surface area (Å²) in [4.78, 5) is 22.3. The minimum atomic E-state index is -0.0120. The van der Waals surface area contributed by atoms with Crippen molar-refractivity contribution in [2.24, 2.45) is 0 Å². The van der Waals surface area contributed by atoms with Crippen LogP contribution in [0.1, 0.15) is 15.9 Å². The number of hydrogen-bond acceptors (Lipinski definition) is 3. The van der Waals surface area contributed by atoms with Crippen molar-refractivity contribution in [1.29, 1.82) is 0 Å². The van der Waals surface area contributed by atoms with E-state index in [4.69, 9.17) is 0 Å². The number of halogens is 1. The molecule has 0 radical (unpaired) electrons. The second-order valence-electron chi connectivity index (χ2n) is 6.44. The van der Waals surface area contributed by atoms with E-state index < -0.39 is 0 Å². The first-order chi connectivity index (χ1) is 13.7. The van der Waals surface area contributed by atoms with Gasteiger partial charge in [0, 0.05) is 37.9 Å². The molecule has 3 aromatic carbocycles. The van der Waals surface area contributed by atoms with Crippen LogP contribution in [-0.2, 0) is 0 Å². The minimum absolute atomic E-state index is 0.0120. The van der Waals surface area contributed by atoms with Gasteiger partial charge in [0.05, 0.1) is 11.0 Å². The van der Waals surface area contributed by atoms with Crippen molar-refractivity contribution in [3.8, 4) is 5.95 Å². The summed E-state index contributed by atoms with van der Waals surface area (Å²) in [6, 6.07) is 23.4. The van der Waals surface area contributed by atoms with E-state index in [9.17, 15) is 4.79 Å². The number of carbonyl (C=O) groups excluding carboxylic acids is 1. The molecule has 5 heteroatoms. The molecule has 0 atom stereocenters. The Hall–Kier alpha value is -3.06. The highest BCUT2D eigenvalue weighted by molar-refractivity contribution is 14.1. The zero-order chi connectivity index (χ0) is 19.1. The molecular weight excluding hydrogens is 461 g/mol. The third-order valence-electron chi connectivity index (χ3n) is 4.80. The first-order valence-corrected chi connectivity index (χ1v) is 9.92. The van der Waals surface area contributed by atoms with Crippen LogP contribution in [-0.4, -0.2) is 20.3 Å². The van der Waals surface area contributed by atoms with Crippen LogP contribution in [0.3, 0.4) is 0 Å². The lowest BCUT2D eigenvalue weighted by Crippen LogP contribution is -2.06. The van der Waals surface area contributed by atoms with Gasteiger partial charge in [0.15, 0.2) is 5.78 Å². The van der Waals surface area contributed by atoms with Gasteiger partial charge in [-0.25, -0.2) is 9.97 Å². The fourth-order valence-corrected chi connectivity index (χ4v) is 3.93. The Labute approximate surface area is 175 Å². The number of carbonyl (C=O) groups is 1. The second kappa shape index (κ2) is 6.83. The smallest absolute Gasteiger partial charge is 0.234 e. The maximum absolute atomic E-state index is 13.4. The van der Waals surface area contributed by atoms with Gasteiger partial charge in [0.1, 0.15) is 0 Å². The molecule has 2 heterocycles. The van der Waals surface area contributed by atoms with Gasteiger partial charge in [-0.3, -0.25) is 9.36 Å². The number of fused-ring (bicyclic) bond motifs is 3. The Morgan fingerprint density at radius 2 is 1.50 bits per heavy atom. The third-order valence-corrected chi connectivity index (χ3v) is 5.52. The zero-order valence-corrected chi connectivity index (χ0v) is 16.9. The first-order valence-electron chi connectivity index (χ1n) is 8.84. The number of para-hydroxylation sites is 2. The molecular formula is C23H14IN3O. The molecule has 0 saturated carbocycles. The molecule has 2 aromatic heterocycles. The summed E-state index contributed by atoms with van der Waals surface area (Å²) >= 11 is 2.24. The molecule has 0 aliphatic rings. The van der Waals surface area contributed by atoms with Crippen molar-refractivity contribution >= 4 is 50.2 Å². The highest BCUT2D eigenvalue weighted by Gasteiger charge is 2.20. The number of nitrogens with zero attached hydrogens (tertiary/aromatic N) is 3. The van der Waals surface area contributed by atoms with Crippen LogP contribution >= 0.6 is 22.6 Å². The molecule has 0 spiro atoms. The quantitative estimate of drug-likeness (QED) is 0.259. The average Bonchev–Trinajstić information content (AvgIpc) is 3.09. The van der Waals surface area contributed by atoms with Gasteiger partial charge in [0.2, 0.25) is 5.95 Å². The number of benzene rings is 3. The van der Waals surface area contributed by atoms with Gasteiger partial charge in [-0.15, -0.1) is 0 Å². The van der Waals surface area contributed by atoms with Gasteiger partial charge in [-0.05, 0) is 65.1 Å². The summed E-state index contributed by atoms with van der Waals surface area (Å²) < 4.78 is 3.07. The van der Waals surface area contributed by atoms with E-state index in [1.54, 1.807) is 18.5 Å². The summed E-state index contributed by atoms with van der Waals surface area (Å²) in [7, 11) is 0. The summed E-state index contributed by atoms with van der Waals surface area (Å²) in [5.41, 5.74) is 3.12. The predicted octanol–water partition coefficient (Wildman–Crippen LogP) is 5.41. The van der Waals surface area contributed by atoms with Crippen LogP contribution < -0.4 is 0 Å². The molecule has 0 N–H and O–H groups in total. The van der Waals surface area contributed by atoms with Crippen LogP contribution in [0.5, 0.6) is 0 Å². The van der Waals surface area contributed by atoms with Gasteiger partial charge < -0.3 is 0 Å². The van der Waals surface area contributed by atoms with Gasteiger partial charge in [-0.1, -0.05) is 30.3 Å². The maximum Gasteiger partial charge on any atom is 0.234 e. The third kappa shape index (κ3) is 2.70. The van der Waals surface area contributed by atoms with Crippen LogP contribution in [0.15, 0.2) is 85.2 Å². The van der Waals surface area contributed by atoms with E-state index >= 15 is 0 Å². The van der Waals surface area contributed by atoms with Crippen LogP contribution in [0.25, 0.3) is 27.8 Å². The molecule has 0 saturated heterocycles. The normalized spacial score (nSPS) is 11.2. The van der Waals surface area contributed by atoms with Crippen LogP contribution in [0, 0.1) is 3.57 Å². The second-order valence-corrected chi connectivity index (χ2v) is 7.68. The van der Waals surface area contributed by atoms with Crippen molar-refractivity contribution in [3.63, 3.8) is 0 Å². The molecule has 0 fully saturated rings. The van der Waals surface area contributed by atoms with E-state index in [2.05, 4.69) is 38.6 Å². The maximum atomic E-state index is 13.4. The van der Waals surface area contributed by atoms with E-state index in [-0.39, 0.29) is 5.78 Å². The van der Waals surface area contributed by atoms with Crippen molar-refractivity contribution in [1.82, 2.24) is 14.5 Å². The van der Waals surface area contributed by atoms with Crippen molar-refractivity contribution in [3.05, 3.63) is 99.9 Å². The molecule has 0 bridgehead atoms. The fourth-order valence-electron chi connectivity index (χ4n) is 3.57. The fraction of sp³-hybridized carbons (Fsp3) is 0. The zero-order valence-electron chi connectivity index (χ0n) is 14.7. The highest BCUT2D eigenvalue weighted by atomic mass is 127. The topological polar surface area (TPSA) is 47.8 Å². The number of hydrogen-bond donors (Lipinski definition) is 0. The summed E-state index contributed by atoms with van der Waals surface area (Å²) in [5, 5.41) is 2.08. The van der Waals surface area contributed by atoms with E-state index in [1.807, 2.05) is 65.2 Å². The van der Waals surface area contributed by atoms with Gasteiger partial charge in [0.25, 0.3) is 0 Å². The SMILES string of the molecule is O=C(c1ccc(I)cc1)c1cccc2c3ccccc3n(-c3ncccn3)c12. The molecule has 5 rings (SSSR count). The summed E-state index contributed by atoms with van der Waals surface area (Å²) in [6.07, 6.45) is 3.43. The van der Waals surface area contributed by atoms with Crippen molar-refractivity contribution in [2.45, 2.75) is 0 Å². The lowest BCUT2D eigenvalue weighted by molar-refractivity contribution is 0.104. The molecule has 5 aromatic rings. The Morgan fingerprint density at radius 1 is 0.786 bits per heavy atom. The molecule has 134 valence electrons. The predicted molar refractivity (Wildman–Crippen MR) is 119 cm³/mol. The lowest BCUT2D eigenvalue weighted by atomic mass is 10.0. The van der Waals surface area contributed by atoms with Gasteiger partial charge >= 0.3 is 0 Å². The van der Waals surface area contributed by atoms with E-state index in [0.29, 0.717) is 17.1 Å². The van der Waals surface area contributed by atoms with Crippen molar-refractivity contribution in [2.75, 3.05) is 0 Å². The average molecular weight is 475 g/mol. The number of rotatable bonds is 3. The lowest BCUT2D eigenvalue weighted by Gasteiger charge is -2.09. The van der Waals surface area contributed by atoms with E-state index in [0.717, 1.165) is 25.4 Å². The molecule has 28 heavy (non-hydrogen) atoms. The Balaban J connectivity index is 1.87. The van der Waals surface area contributed by atoms with Crippen molar-refractivity contribution < 1.29 is 4.79 Å². The number of ketones is 1.